The van der Waals surface area contributed by atoms with Gasteiger partial charge in [-0.15, -0.1) is 22.7 Å². The Labute approximate surface area is 186 Å². The molecule has 5 rings (SSSR count). The van der Waals surface area contributed by atoms with E-state index >= 15 is 0 Å². The molecule has 2 aromatic rings. The monoisotopic (exact) mass is 458 g/mol. The third kappa shape index (κ3) is 3.16. The molecular weight excluding hydrogens is 436 g/mol. The first-order chi connectivity index (χ1) is 14.9. The van der Waals surface area contributed by atoms with Crippen LogP contribution in [0.1, 0.15) is 56.9 Å². The smallest absolute Gasteiger partial charge is 0.325 e. The van der Waals surface area contributed by atoms with Gasteiger partial charge in [-0.2, -0.15) is 0 Å². The van der Waals surface area contributed by atoms with Crippen LogP contribution in [0.15, 0.2) is 11.4 Å². The Kier molecular flexibility index (Phi) is 4.86. The number of aryl methyl sites for hydroxylation is 2. The standard InChI is InChI=1S/C21H22N4O4S2/c22-17(27)16-11-4-1-2-5-13(11)31-18(16)23-15(26)10-25-19(28)21(24-20(25)29)8-3-6-14-12(21)7-9-30-14/h7,9H,1-6,8,10H2,(H2,22,27)(H,23,26)(H,24,29). The molecule has 1 unspecified atom stereocenters. The van der Waals surface area contributed by atoms with Gasteiger partial charge in [0.2, 0.25) is 5.91 Å². The molecule has 10 heteroatoms. The topological polar surface area (TPSA) is 122 Å². The molecule has 0 bridgehead atoms. The maximum Gasteiger partial charge on any atom is 0.325 e. The molecular formula is C21H22N4O4S2. The zero-order valence-electron chi connectivity index (χ0n) is 16.8. The predicted octanol–water partition coefficient (Wildman–Crippen LogP) is 2.51. The van der Waals surface area contributed by atoms with Gasteiger partial charge in [0, 0.05) is 15.3 Å². The minimum atomic E-state index is -1.08. The molecule has 2 aliphatic carbocycles. The number of hydrogen-bond donors (Lipinski definition) is 3. The Morgan fingerprint density at radius 2 is 1.94 bits per heavy atom. The van der Waals surface area contributed by atoms with Crippen LogP contribution in [0.2, 0.25) is 0 Å². The lowest BCUT2D eigenvalue weighted by Gasteiger charge is -2.31. The summed E-state index contributed by atoms with van der Waals surface area (Å²) in [5.41, 5.74) is 6.62. The van der Waals surface area contributed by atoms with Crippen molar-refractivity contribution in [2.24, 2.45) is 5.73 Å². The Hall–Kier alpha value is -2.72. The second kappa shape index (κ2) is 7.45. The number of rotatable bonds is 4. The van der Waals surface area contributed by atoms with Gasteiger partial charge in [0.05, 0.1) is 5.56 Å². The first-order valence-electron chi connectivity index (χ1n) is 10.4. The van der Waals surface area contributed by atoms with Crippen LogP contribution in [0.25, 0.3) is 0 Å². The molecule has 31 heavy (non-hydrogen) atoms. The van der Waals surface area contributed by atoms with E-state index < -0.39 is 35.8 Å². The summed E-state index contributed by atoms with van der Waals surface area (Å²) >= 11 is 2.94. The van der Waals surface area contributed by atoms with Crippen LogP contribution >= 0.6 is 22.7 Å². The number of fused-ring (bicyclic) bond motifs is 3. The summed E-state index contributed by atoms with van der Waals surface area (Å²) in [6.07, 6.45) is 5.83. The van der Waals surface area contributed by atoms with Gasteiger partial charge in [0.25, 0.3) is 11.8 Å². The van der Waals surface area contributed by atoms with E-state index in [2.05, 4.69) is 10.6 Å². The van der Waals surface area contributed by atoms with Crippen molar-refractivity contribution in [2.75, 3.05) is 11.9 Å². The summed E-state index contributed by atoms with van der Waals surface area (Å²) in [6.45, 7) is -0.410. The number of nitrogens with zero attached hydrogens (tertiary/aromatic N) is 1. The van der Waals surface area contributed by atoms with E-state index in [-0.39, 0.29) is 0 Å². The van der Waals surface area contributed by atoms with E-state index in [0.29, 0.717) is 17.0 Å². The molecule has 3 heterocycles. The SMILES string of the molecule is NC(=O)c1c(NC(=O)CN2C(=O)NC3(CCCc4sccc43)C2=O)sc2c1CCCC2. The van der Waals surface area contributed by atoms with Gasteiger partial charge in [-0.3, -0.25) is 19.3 Å². The van der Waals surface area contributed by atoms with Gasteiger partial charge in [0.1, 0.15) is 17.1 Å². The lowest BCUT2D eigenvalue weighted by atomic mass is 9.80. The van der Waals surface area contributed by atoms with Gasteiger partial charge in [-0.1, -0.05) is 0 Å². The molecule has 162 valence electrons. The van der Waals surface area contributed by atoms with Crippen molar-refractivity contribution in [3.05, 3.63) is 37.9 Å². The lowest BCUT2D eigenvalue weighted by Crippen LogP contribution is -2.46. The average Bonchev–Trinajstić information content (AvgIpc) is 3.40. The van der Waals surface area contributed by atoms with E-state index in [1.807, 2.05) is 11.4 Å². The summed E-state index contributed by atoms with van der Waals surface area (Å²) in [4.78, 5) is 53.9. The first kappa shape index (κ1) is 20.2. The van der Waals surface area contributed by atoms with Crippen LogP contribution in [0.4, 0.5) is 9.80 Å². The van der Waals surface area contributed by atoms with Crippen molar-refractivity contribution < 1.29 is 19.2 Å². The number of thiophene rings is 2. The lowest BCUT2D eigenvalue weighted by molar-refractivity contribution is -0.134. The summed E-state index contributed by atoms with van der Waals surface area (Å²) < 4.78 is 0. The van der Waals surface area contributed by atoms with Crippen molar-refractivity contribution in [2.45, 2.75) is 50.5 Å². The Balaban J connectivity index is 1.37. The molecule has 0 radical (unpaired) electrons. The third-order valence-electron chi connectivity index (χ3n) is 6.31. The van der Waals surface area contributed by atoms with E-state index in [0.717, 1.165) is 64.3 Å². The number of amides is 5. The van der Waals surface area contributed by atoms with Gasteiger partial charge >= 0.3 is 6.03 Å². The number of imide groups is 1. The van der Waals surface area contributed by atoms with E-state index in [4.69, 9.17) is 5.73 Å². The second-order valence-corrected chi connectivity index (χ2v) is 10.3. The van der Waals surface area contributed by atoms with Crippen LogP contribution in [0, 0.1) is 0 Å². The number of nitrogens with one attached hydrogen (secondary N) is 2. The number of anilines is 1. The van der Waals surface area contributed by atoms with Gasteiger partial charge < -0.3 is 16.4 Å². The highest BCUT2D eigenvalue weighted by Crippen LogP contribution is 2.42. The third-order valence-corrected chi connectivity index (χ3v) is 8.50. The van der Waals surface area contributed by atoms with Crippen molar-refractivity contribution >= 4 is 51.4 Å². The van der Waals surface area contributed by atoms with Crippen LogP contribution < -0.4 is 16.4 Å². The molecule has 1 fully saturated rings. The molecule has 1 atom stereocenters. The van der Waals surface area contributed by atoms with Crippen LogP contribution in [0.3, 0.4) is 0 Å². The van der Waals surface area contributed by atoms with Crippen molar-refractivity contribution in [1.29, 1.82) is 0 Å². The quantitative estimate of drug-likeness (QED) is 0.610. The van der Waals surface area contributed by atoms with Gasteiger partial charge in [0.15, 0.2) is 0 Å². The second-order valence-electron chi connectivity index (χ2n) is 8.17. The zero-order chi connectivity index (χ0) is 21.8. The Morgan fingerprint density at radius 3 is 2.74 bits per heavy atom. The molecule has 8 nitrogen and oxygen atoms in total. The van der Waals surface area contributed by atoms with Crippen LogP contribution in [-0.2, 0) is 34.4 Å². The normalized spacial score (nSPS) is 22.3. The summed E-state index contributed by atoms with van der Waals surface area (Å²) in [6, 6.07) is 1.32. The molecule has 1 spiro atoms. The first-order valence-corrected chi connectivity index (χ1v) is 12.1. The Bertz CT molecular complexity index is 1120. The fraction of sp³-hybridized carbons (Fsp3) is 0.429. The zero-order valence-corrected chi connectivity index (χ0v) is 18.4. The maximum absolute atomic E-state index is 13.3. The van der Waals surface area contributed by atoms with E-state index in [1.165, 1.54) is 11.3 Å². The number of hydrogen-bond acceptors (Lipinski definition) is 6. The van der Waals surface area contributed by atoms with Gasteiger partial charge in [-0.25, -0.2) is 4.79 Å². The summed E-state index contributed by atoms with van der Waals surface area (Å²) in [5, 5.41) is 7.91. The fourth-order valence-corrected chi connectivity index (χ4v) is 7.22. The predicted molar refractivity (Wildman–Crippen MR) is 117 cm³/mol. The number of primary amides is 1. The molecule has 0 saturated carbocycles. The number of carbonyl (C=O) groups is 4. The number of carbonyl (C=O) groups excluding carboxylic acids is 4. The Morgan fingerprint density at radius 1 is 1.16 bits per heavy atom. The molecule has 1 aliphatic heterocycles. The van der Waals surface area contributed by atoms with Gasteiger partial charge in [-0.05, 0) is 62.0 Å². The van der Waals surface area contributed by atoms with E-state index in [1.54, 1.807) is 11.3 Å². The minimum Gasteiger partial charge on any atom is -0.365 e. The molecule has 5 amide bonds. The van der Waals surface area contributed by atoms with Crippen LogP contribution in [-0.4, -0.2) is 35.2 Å². The molecule has 0 aromatic carbocycles. The fourth-order valence-electron chi connectivity index (χ4n) is 4.91. The highest BCUT2D eigenvalue weighted by atomic mass is 32.1. The maximum atomic E-state index is 13.3. The highest BCUT2D eigenvalue weighted by Gasteiger charge is 2.54. The van der Waals surface area contributed by atoms with E-state index in [9.17, 15) is 19.2 Å². The molecule has 1 saturated heterocycles. The van der Waals surface area contributed by atoms with Crippen molar-refractivity contribution in [1.82, 2.24) is 10.2 Å². The number of nitrogens with two attached hydrogens (primary N) is 1. The van der Waals surface area contributed by atoms with Crippen molar-refractivity contribution in [3.63, 3.8) is 0 Å². The number of urea groups is 1. The van der Waals surface area contributed by atoms with Crippen LogP contribution in [0.5, 0.6) is 0 Å². The summed E-state index contributed by atoms with van der Waals surface area (Å²) in [5.74, 6) is -1.49. The average molecular weight is 459 g/mol. The molecule has 3 aliphatic rings. The summed E-state index contributed by atoms with van der Waals surface area (Å²) in [7, 11) is 0. The largest absolute Gasteiger partial charge is 0.365 e. The minimum absolute atomic E-state index is 0.358. The molecule has 2 aromatic heterocycles. The molecule has 4 N–H and O–H groups in total. The highest BCUT2D eigenvalue weighted by molar-refractivity contribution is 7.17. The van der Waals surface area contributed by atoms with Crippen molar-refractivity contribution in [3.8, 4) is 0 Å².